The average Bonchev–Trinajstić information content (AvgIpc) is 3.40. The first-order valence-electron chi connectivity index (χ1n) is 30.7. The van der Waals surface area contributed by atoms with Gasteiger partial charge >= 0.3 is 17.9 Å². The molecule has 0 amide bonds. The van der Waals surface area contributed by atoms with Crippen LogP contribution >= 0.6 is 0 Å². The molecule has 9 heteroatoms. The number of unbranched alkanes of at least 4 members (excludes halogenated alkanes) is 20. The highest BCUT2D eigenvalue weighted by molar-refractivity contribution is 5.71. The molecule has 438 valence electrons. The lowest BCUT2D eigenvalue weighted by atomic mass is 10.0. The Kier molecular flexibility index (Phi) is 54.6. The number of esters is 2. The monoisotopic (exact) mass is 1070 g/mol. The van der Waals surface area contributed by atoms with Gasteiger partial charge in [-0.1, -0.05) is 232 Å². The summed E-state index contributed by atoms with van der Waals surface area (Å²) in [5.74, 6) is -2.03. The fourth-order valence-corrected chi connectivity index (χ4v) is 8.00. The molecule has 1 N–H and O–H groups in total. The van der Waals surface area contributed by atoms with Crippen LogP contribution in [0.2, 0.25) is 0 Å². The Hall–Kier alpha value is -4.31. The molecule has 0 fully saturated rings. The van der Waals surface area contributed by atoms with Gasteiger partial charge in [-0.3, -0.25) is 9.59 Å². The standard InChI is InChI=1S/C68H113NO8/c1-6-8-10-12-14-16-18-20-22-24-25-26-27-28-29-30-31-32-33-34-35-36-37-38-39-40-41-43-45-47-49-51-53-55-57-59-66(71)77-64(63-76-68(67(72)73)74-61-60-69(3,4)5)62-75-65(70)58-56-54-52-50-48-46-44-42-23-21-19-17-15-13-11-9-7-2/h8,10,14-17,20-23,25-26,28-29,31-32,34-35,37-38,64,68H,6-7,9,11-13,18-19,24,27,30,33,36,39-63H2,1-5H3/p+1/b10-8-,16-14-,17-15-,22-20-,23-21-,26-25-,29-28-,32-31-,35-34-,38-37-. The molecule has 0 aromatic rings. The van der Waals surface area contributed by atoms with Gasteiger partial charge in [-0.25, -0.2) is 4.79 Å². The molecule has 0 radical (unpaired) electrons. The summed E-state index contributed by atoms with van der Waals surface area (Å²) in [5, 5.41) is 9.71. The highest BCUT2D eigenvalue weighted by Crippen LogP contribution is 2.15. The normalized spacial score (nSPS) is 13.6. The van der Waals surface area contributed by atoms with Crippen molar-refractivity contribution in [3.63, 3.8) is 0 Å². The second-order valence-corrected chi connectivity index (χ2v) is 21.3. The van der Waals surface area contributed by atoms with Crippen LogP contribution in [0.3, 0.4) is 0 Å². The quantitative estimate of drug-likeness (QED) is 0.0211. The molecule has 77 heavy (non-hydrogen) atoms. The molecule has 0 aromatic heterocycles. The van der Waals surface area contributed by atoms with Crippen LogP contribution in [-0.4, -0.2) is 87.4 Å². The number of quaternary nitrogens is 1. The van der Waals surface area contributed by atoms with E-state index in [0.717, 1.165) is 116 Å². The molecule has 0 rings (SSSR count). The Labute approximate surface area is 472 Å². The van der Waals surface area contributed by atoms with Crippen molar-refractivity contribution in [3.05, 3.63) is 122 Å². The Morgan fingerprint density at radius 1 is 0.403 bits per heavy atom. The van der Waals surface area contributed by atoms with Crippen LogP contribution in [0.1, 0.15) is 232 Å². The summed E-state index contributed by atoms with van der Waals surface area (Å²) >= 11 is 0. The minimum Gasteiger partial charge on any atom is -0.477 e. The maximum Gasteiger partial charge on any atom is 0.361 e. The molecule has 2 atom stereocenters. The molecule has 0 bridgehead atoms. The lowest BCUT2D eigenvalue weighted by molar-refractivity contribution is -0.870. The summed E-state index contributed by atoms with van der Waals surface area (Å²) in [6, 6.07) is 0. The van der Waals surface area contributed by atoms with Crippen molar-refractivity contribution in [2.75, 3.05) is 47.5 Å². The largest absolute Gasteiger partial charge is 0.477 e. The first-order valence-corrected chi connectivity index (χ1v) is 30.7. The van der Waals surface area contributed by atoms with Gasteiger partial charge in [0.15, 0.2) is 6.10 Å². The molecule has 0 saturated carbocycles. The Morgan fingerprint density at radius 3 is 1.10 bits per heavy atom. The lowest BCUT2D eigenvalue weighted by Gasteiger charge is -2.25. The van der Waals surface area contributed by atoms with E-state index in [0.29, 0.717) is 17.4 Å². The van der Waals surface area contributed by atoms with Crippen LogP contribution in [0.15, 0.2) is 122 Å². The lowest BCUT2D eigenvalue weighted by Crippen LogP contribution is -2.40. The Balaban J connectivity index is 4.21. The van der Waals surface area contributed by atoms with Crippen molar-refractivity contribution < 1.29 is 42.9 Å². The molecule has 0 heterocycles. The van der Waals surface area contributed by atoms with E-state index >= 15 is 0 Å². The number of nitrogens with zero attached hydrogens (tertiary/aromatic N) is 1. The smallest absolute Gasteiger partial charge is 0.361 e. The first-order chi connectivity index (χ1) is 37.6. The zero-order valence-electron chi connectivity index (χ0n) is 49.8. The summed E-state index contributed by atoms with van der Waals surface area (Å²) in [6.07, 6.45) is 78.5. The van der Waals surface area contributed by atoms with Crippen LogP contribution in [0.25, 0.3) is 0 Å². The van der Waals surface area contributed by atoms with Gasteiger partial charge in [-0.2, -0.15) is 0 Å². The minimum atomic E-state index is -1.52. The van der Waals surface area contributed by atoms with E-state index in [-0.39, 0.29) is 38.6 Å². The number of allylic oxidation sites excluding steroid dienone is 20. The van der Waals surface area contributed by atoms with E-state index in [2.05, 4.69) is 135 Å². The first kappa shape index (κ1) is 72.7. The van der Waals surface area contributed by atoms with Gasteiger partial charge < -0.3 is 28.5 Å². The second-order valence-electron chi connectivity index (χ2n) is 21.3. The number of hydrogen-bond donors (Lipinski definition) is 1. The summed E-state index contributed by atoms with van der Waals surface area (Å²) in [4.78, 5) is 37.4. The molecule has 0 saturated heterocycles. The molecule has 0 aliphatic carbocycles. The number of carboxylic acid groups (broad SMARTS) is 1. The summed E-state index contributed by atoms with van der Waals surface area (Å²) in [5.41, 5.74) is 0. The van der Waals surface area contributed by atoms with Crippen molar-refractivity contribution in [1.82, 2.24) is 0 Å². The van der Waals surface area contributed by atoms with Gasteiger partial charge in [-0.15, -0.1) is 0 Å². The van der Waals surface area contributed by atoms with Gasteiger partial charge in [0.1, 0.15) is 13.2 Å². The maximum absolute atomic E-state index is 12.9. The van der Waals surface area contributed by atoms with Gasteiger partial charge in [0.2, 0.25) is 0 Å². The van der Waals surface area contributed by atoms with E-state index in [9.17, 15) is 19.5 Å². The Bertz CT molecular complexity index is 1670. The Morgan fingerprint density at radius 2 is 0.740 bits per heavy atom. The van der Waals surface area contributed by atoms with Gasteiger partial charge in [0.05, 0.1) is 34.4 Å². The van der Waals surface area contributed by atoms with Crippen LogP contribution in [-0.2, 0) is 33.3 Å². The predicted molar refractivity (Wildman–Crippen MR) is 327 cm³/mol. The van der Waals surface area contributed by atoms with E-state index in [1.54, 1.807) is 0 Å². The zero-order chi connectivity index (χ0) is 56.2. The van der Waals surface area contributed by atoms with Gasteiger partial charge in [0.25, 0.3) is 6.29 Å². The third-order valence-corrected chi connectivity index (χ3v) is 12.7. The van der Waals surface area contributed by atoms with E-state index in [1.807, 2.05) is 21.1 Å². The summed E-state index contributed by atoms with van der Waals surface area (Å²) < 4.78 is 22.9. The number of rotatable bonds is 55. The number of aliphatic carboxylic acids is 1. The highest BCUT2D eigenvalue weighted by atomic mass is 16.7. The fourth-order valence-electron chi connectivity index (χ4n) is 8.00. The SMILES string of the molecule is CC/C=C\C/C=C\C/C=C\C/C=C\C/C=C\C/C=C\C/C=C\C/C=C\CCCCCCCCCCCCC(=O)OC(COC(=O)CCCCCCCCC/C=C\C/C=C\CCCCC)COC(OCC[N+](C)(C)C)C(=O)O. The summed E-state index contributed by atoms with van der Waals surface area (Å²) in [6.45, 7) is 4.71. The fraction of sp³-hybridized carbons (Fsp3) is 0.662. The number of carboxylic acids is 1. The second kappa shape index (κ2) is 57.9. The maximum atomic E-state index is 12.9. The van der Waals surface area contributed by atoms with Gasteiger partial charge in [-0.05, 0) is 109 Å². The van der Waals surface area contributed by atoms with Crippen molar-refractivity contribution in [2.24, 2.45) is 0 Å². The molecule has 0 aliphatic heterocycles. The number of ether oxygens (including phenoxy) is 4. The molecule has 9 nitrogen and oxygen atoms in total. The van der Waals surface area contributed by atoms with Crippen molar-refractivity contribution in [1.29, 1.82) is 0 Å². The predicted octanol–water partition coefficient (Wildman–Crippen LogP) is 18.5. The zero-order valence-corrected chi connectivity index (χ0v) is 49.8. The molecular weight excluding hydrogens is 959 g/mol. The van der Waals surface area contributed by atoms with Crippen LogP contribution in [0, 0.1) is 0 Å². The number of hydrogen-bond acceptors (Lipinski definition) is 7. The van der Waals surface area contributed by atoms with Crippen LogP contribution in [0.4, 0.5) is 0 Å². The van der Waals surface area contributed by atoms with Crippen molar-refractivity contribution in [3.8, 4) is 0 Å². The van der Waals surface area contributed by atoms with Crippen molar-refractivity contribution >= 4 is 17.9 Å². The topological polar surface area (TPSA) is 108 Å². The molecule has 0 spiro atoms. The minimum absolute atomic E-state index is 0.180. The number of carbonyl (C=O) groups excluding carboxylic acids is 2. The third kappa shape index (κ3) is 59.2. The van der Waals surface area contributed by atoms with E-state index < -0.39 is 24.3 Å². The molecule has 0 aliphatic rings. The van der Waals surface area contributed by atoms with Crippen molar-refractivity contribution in [2.45, 2.75) is 245 Å². The highest BCUT2D eigenvalue weighted by Gasteiger charge is 2.25. The van der Waals surface area contributed by atoms with E-state index in [1.165, 1.54) is 83.5 Å². The number of carbonyl (C=O) groups is 3. The molecule has 2 unspecified atom stereocenters. The van der Waals surface area contributed by atoms with Crippen LogP contribution in [0.5, 0.6) is 0 Å². The molecule has 0 aromatic carbocycles. The van der Waals surface area contributed by atoms with Gasteiger partial charge in [0, 0.05) is 12.8 Å². The molecular formula is C68H114NO8+. The third-order valence-electron chi connectivity index (χ3n) is 12.7. The number of likely N-dealkylation sites (N-methyl/N-ethyl adjacent to an activating group) is 1. The average molecular weight is 1070 g/mol. The summed E-state index contributed by atoms with van der Waals surface area (Å²) in [7, 11) is 5.96. The van der Waals surface area contributed by atoms with Crippen LogP contribution < -0.4 is 0 Å². The van der Waals surface area contributed by atoms with E-state index in [4.69, 9.17) is 18.9 Å².